The summed E-state index contributed by atoms with van der Waals surface area (Å²) >= 11 is 14.0. The molecule has 3 aromatic rings. The quantitative estimate of drug-likeness (QED) is 0.674. The second-order valence-electron chi connectivity index (χ2n) is 5.08. The number of rotatable bonds is 4. The molecule has 3 nitrogen and oxygen atoms in total. The Hall–Kier alpha value is -1.07. The second-order valence-corrected chi connectivity index (χ2v) is 6.90. The van der Waals surface area contributed by atoms with Crippen molar-refractivity contribution >= 4 is 40.2 Å². The number of fused-ring (bicyclic) bond motifs is 1. The third kappa shape index (κ3) is 3.09. The summed E-state index contributed by atoms with van der Waals surface area (Å²) in [5.74, 6) is 0. The standard InChI is InChI=1S/C15H15Cl2N3S/c1-10(14-4-3-5-21-14)19(2)8-12-9-20-7-11(16)6-13(17)15(20)18-12/h3-7,9-10H,8H2,1-2H3/t10-/m0/s1. The summed E-state index contributed by atoms with van der Waals surface area (Å²) in [4.78, 5) is 8.21. The lowest BCUT2D eigenvalue weighted by Gasteiger charge is -2.22. The maximum Gasteiger partial charge on any atom is 0.156 e. The monoisotopic (exact) mass is 339 g/mol. The van der Waals surface area contributed by atoms with Crippen LogP contribution in [0.2, 0.25) is 10.0 Å². The first-order chi connectivity index (χ1) is 10.0. The van der Waals surface area contributed by atoms with Gasteiger partial charge in [0.1, 0.15) is 0 Å². The number of aromatic nitrogens is 2. The summed E-state index contributed by atoms with van der Waals surface area (Å²) in [7, 11) is 2.10. The Morgan fingerprint density at radius 2 is 2.19 bits per heavy atom. The van der Waals surface area contributed by atoms with Crippen molar-refractivity contribution in [2.45, 2.75) is 19.5 Å². The van der Waals surface area contributed by atoms with Crippen LogP contribution >= 0.6 is 34.5 Å². The van der Waals surface area contributed by atoms with E-state index in [2.05, 4.69) is 41.4 Å². The molecule has 0 saturated heterocycles. The van der Waals surface area contributed by atoms with E-state index in [0.717, 1.165) is 17.9 Å². The van der Waals surface area contributed by atoms with E-state index in [9.17, 15) is 0 Å². The first-order valence-corrected chi connectivity index (χ1v) is 8.24. The van der Waals surface area contributed by atoms with Gasteiger partial charge in [-0.15, -0.1) is 11.3 Å². The summed E-state index contributed by atoms with van der Waals surface area (Å²) in [6.07, 6.45) is 3.80. The van der Waals surface area contributed by atoms with Gasteiger partial charge in [0.05, 0.1) is 15.7 Å². The van der Waals surface area contributed by atoms with Gasteiger partial charge in [-0.3, -0.25) is 4.90 Å². The lowest BCUT2D eigenvalue weighted by Crippen LogP contribution is -2.21. The summed E-state index contributed by atoms with van der Waals surface area (Å²) < 4.78 is 1.88. The van der Waals surface area contributed by atoms with Crippen molar-refractivity contribution in [2.75, 3.05) is 7.05 Å². The van der Waals surface area contributed by atoms with Crippen molar-refractivity contribution in [3.63, 3.8) is 0 Å². The van der Waals surface area contributed by atoms with Crippen LogP contribution in [0.15, 0.2) is 36.0 Å². The molecule has 0 saturated carbocycles. The molecule has 3 heterocycles. The molecule has 3 aromatic heterocycles. The van der Waals surface area contributed by atoms with E-state index >= 15 is 0 Å². The van der Waals surface area contributed by atoms with Crippen LogP contribution in [-0.2, 0) is 6.54 Å². The fraction of sp³-hybridized carbons (Fsp3) is 0.267. The number of thiophene rings is 1. The van der Waals surface area contributed by atoms with Crippen LogP contribution in [0.1, 0.15) is 23.5 Å². The Balaban J connectivity index is 1.83. The number of imidazole rings is 1. The Labute approximate surface area is 137 Å². The number of hydrogen-bond donors (Lipinski definition) is 0. The average molecular weight is 340 g/mol. The minimum absolute atomic E-state index is 0.355. The van der Waals surface area contributed by atoms with E-state index < -0.39 is 0 Å². The lowest BCUT2D eigenvalue weighted by atomic mass is 10.2. The number of nitrogens with zero attached hydrogens (tertiary/aromatic N) is 3. The molecule has 6 heteroatoms. The molecule has 110 valence electrons. The van der Waals surface area contributed by atoms with Crippen molar-refractivity contribution in [2.24, 2.45) is 0 Å². The van der Waals surface area contributed by atoms with Gasteiger partial charge in [-0.2, -0.15) is 0 Å². The first-order valence-electron chi connectivity index (χ1n) is 6.61. The van der Waals surface area contributed by atoms with E-state index in [1.54, 1.807) is 17.4 Å². The van der Waals surface area contributed by atoms with Crippen LogP contribution in [0.3, 0.4) is 0 Å². The smallest absolute Gasteiger partial charge is 0.156 e. The van der Waals surface area contributed by atoms with Crippen molar-refractivity contribution in [3.8, 4) is 0 Å². The van der Waals surface area contributed by atoms with Crippen LogP contribution in [0, 0.1) is 0 Å². The SMILES string of the molecule is C[C@@H](c1cccs1)N(C)Cc1cn2cc(Cl)cc(Cl)c2n1. The van der Waals surface area contributed by atoms with E-state index in [1.165, 1.54) is 4.88 Å². The molecule has 0 bridgehead atoms. The Morgan fingerprint density at radius 1 is 1.38 bits per heavy atom. The fourth-order valence-electron chi connectivity index (χ4n) is 2.29. The number of halogens is 2. The van der Waals surface area contributed by atoms with Gasteiger partial charge >= 0.3 is 0 Å². The van der Waals surface area contributed by atoms with E-state index in [1.807, 2.05) is 16.8 Å². The van der Waals surface area contributed by atoms with Crippen molar-refractivity contribution in [1.29, 1.82) is 0 Å². The molecule has 3 rings (SSSR count). The molecular weight excluding hydrogens is 325 g/mol. The minimum atomic E-state index is 0.355. The molecule has 0 aliphatic rings. The van der Waals surface area contributed by atoms with Crippen LogP contribution in [0.25, 0.3) is 5.65 Å². The van der Waals surface area contributed by atoms with Gasteiger partial charge in [-0.25, -0.2) is 4.98 Å². The Bertz CT molecular complexity index is 752. The van der Waals surface area contributed by atoms with Crippen LogP contribution in [-0.4, -0.2) is 21.3 Å². The van der Waals surface area contributed by atoms with Gasteiger partial charge in [0, 0.05) is 29.9 Å². The van der Waals surface area contributed by atoms with E-state index in [4.69, 9.17) is 23.2 Å². The lowest BCUT2D eigenvalue weighted by molar-refractivity contribution is 0.254. The van der Waals surface area contributed by atoms with Crippen LogP contribution in [0.4, 0.5) is 0 Å². The summed E-state index contributed by atoms with van der Waals surface area (Å²) in [6, 6.07) is 6.31. The van der Waals surface area contributed by atoms with Gasteiger partial charge in [0.2, 0.25) is 0 Å². The average Bonchev–Trinajstić information content (AvgIpc) is 3.06. The molecular formula is C15H15Cl2N3S. The molecule has 0 aliphatic heterocycles. The van der Waals surface area contributed by atoms with Gasteiger partial charge in [-0.05, 0) is 31.5 Å². The van der Waals surface area contributed by atoms with Gasteiger partial charge in [0.25, 0.3) is 0 Å². The third-order valence-corrected chi connectivity index (χ3v) is 5.08. The Morgan fingerprint density at radius 3 is 2.90 bits per heavy atom. The van der Waals surface area contributed by atoms with Crippen LogP contribution in [0.5, 0.6) is 0 Å². The van der Waals surface area contributed by atoms with Gasteiger partial charge < -0.3 is 4.40 Å². The highest BCUT2D eigenvalue weighted by atomic mass is 35.5. The zero-order valence-electron chi connectivity index (χ0n) is 11.8. The van der Waals surface area contributed by atoms with Crippen molar-refractivity contribution < 1.29 is 0 Å². The predicted molar refractivity (Wildman–Crippen MR) is 89.4 cm³/mol. The summed E-state index contributed by atoms with van der Waals surface area (Å²) in [5.41, 5.74) is 1.72. The highest BCUT2D eigenvalue weighted by Crippen LogP contribution is 2.26. The normalized spacial score (nSPS) is 13.2. The number of hydrogen-bond acceptors (Lipinski definition) is 3. The highest BCUT2D eigenvalue weighted by Gasteiger charge is 2.15. The molecule has 0 aliphatic carbocycles. The molecule has 0 radical (unpaired) electrons. The summed E-state index contributed by atoms with van der Waals surface area (Å²) in [6.45, 7) is 2.96. The maximum atomic E-state index is 6.18. The topological polar surface area (TPSA) is 20.5 Å². The molecule has 1 atom stereocenters. The molecule has 0 spiro atoms. The predicted octanol–water partition coefficient (Wildman–Crippen LogP) is 4.90. The fourth-order valence-corrected chi connectivity index (χ4v) is 3.67. The number of pyridine rings is 1. The summed E-state index contributed by atoms with van der Waals surface area (Å²) in [5, 5.41) is 3.28. The minimum Gasteiger partial charge on any atom is -0.304 e. The van der Waals surface area contributed by atoms with E-state index in [-0.39, 0.29) is 0 Å². The van der Waals surface area contributed by atoms with Gasteiger partial charge in [0.15, 0.2) is 5.65 Å². The van der Waals surface area contributed by atoms with Crippen molar-refractivity contribution in [3.05, 3.63) is 56.6 Å². The third-order valence-electron chi connectivity index (χ3n) is 3.55. The molecule has 21 heavy (non-hydrogen) atoms. The van der Waals surface area contributed by atoms with Crippen LogP contribution < -0.4 is 0 Å². The van der Waals surface area contributed by atoms with E-state index in [0.29, 0.717) is 16.1 Å². The molecule has 0 N–H and O–H groups in total. The first kappa shape index (κ1) is 14.9. The van der Waals surface area contributed by atoms with Crippen molar-refractivity contribution in [1.82, 2.24) is 14.3 Å². The molecule has 0 aromatic carbocycles. The Kier molecular flexibility index (Phi) is 4.22. The second kappa shape index (κ2) is 5.97. The molecule has 0 unspecified atom stereocenters. The van der Waals surface area contributed by atoms with Gasteiger partial charge in [-0.1, -0.05) is 29.3 Å². The molecule has 0 amide bonds. The largest absolute Gasteiger partial charge is 0.304 e. The molecule has 0 fully saturated rings. The maximum absolute atomic E-state index is 6.18. The highest BCUT2D eigenvalue weighted by molar-refractivity contribution is 7.10. The zero-order valence-corrected chi connectivity index (χ0v) is 14.1. The zero-order chi connectivity index (χ0) is 15.0.